The summed E-state index contributed by atoms with van der Waals surface area (Å²) >= 11 is 0. The van der Waals surface area contributed by atoms with Crippen molar-refractivity contribution < 1.29 is 9.53 Å². The molecule has 0 N–H and O–H groups in total. The number of carbonyl (C=O) groups excluding carboxylic acids is 1. The van der Waals surface area contributed by atoms with Crippen molar-refractivity contribution in [3.63, 3.8) is 0 Å². The molecule has 3 nitrogen and oxygen atoms in total. The highest BCUT2D eigenvalue weighted by Gasteiger charge is 2.22. The van der Waals surface area contributed by atoms with Gasteiger partial charge in [-0.2, -0.15) is 0 Å². The average molecular weight is 201 g/mol. The summed E-state index contributed by atoms with van der Waals surface area (Å²) in [6.45, 7) is 1.82. The fourth-order valence-electron chi connectivity index (χ4n) is 1.84. The molecule has 0 atom stereocenters. The molecule has 3 heteroatoms. The first kappa shape index (κ1) is 9.72. The predicted octanol–water partition coefficient (Wildman–Crippen LogP) is 1.88. The third-order valence-electron chi connectivity index (χ3n) is 2.48. The lowest BCUT2D eigenvalue weighted by atomic mass is 9.94. The summed E-state index contributed by atoms with van der Waals surface area (Å²) in [6.07, 6.45) is 9.46. The number of pyridine rings is 1. The van der Waals surface area contributed by atoms with E-state index < -0.39 is 0 Å². The van der Waals surface area contributed by atoms with Crippen molar-refractivity contribution in [2.24, 2.45) is 0 Å². The van der Waals surface area contributed by atoms with Crippen LogP contribution in [0.25, 0.3) is 0 Å². The highest BCUT2D eigenvalue weighted by molar-refractivity contribution is 5.97. The molecule has 0 aliphatic heterocycles. The van der Waals surface area contributed by atoms with Gasteiger partial charge in [0.05, 0.1) is 0 Å². The van der Waals surface area contributed by atoms with E-state index >= 15 is 0 Å². The van der Waals surface area contributed by atoms with Crippen LogP contribution in [0, 0.1) is 19.5 Å². The SMILES string of the molecule is C#COc1cc(C)nc2c1CCCC2=O. The Hall–Kier alpha value is -1.82. The van der Waals surface area contributed by atoms with E-state index in [2.05, 4.69) is 11.1 Å². The van der Waals surface area contributed by atoms with E-state index in [9.17, 15) is 4.79 Å². The van der Waals surface area contributed by atoms with Crippen LogP contribution in [0.2, 0.25) is 0 Å². The highest BCUT2D eigenvalue weighted by Crippen LogP contribution is 2.28. The number of fused-ring (bicyclic) bond motifs is 1. The maximum absolute atomic E-state index is 11.6. The Morgan fingerprint density at radius 3 is 3.07 bits per heavy atom. The third kappa shape index (κ3) is 1.71. The molecular weight excluding hydrogens is 190 g/mol. The lowest BCUT2D eigenvalue weighted by Crippen LogP contribution is -2.14. The van der Waals surface area contributed by atoms with Crippen LogP contribution in [0.4, 0.5) is 0 Å². The van der Waals surface area contributed by atoms with Crippen LogP contribution in [0.5, 0.6) is 5.75 Å². The predicted molar refractivity (Wildman–Crippen MR) is 55.7 cm³/mol. The summed E-state index contributed by atoms with van der Waals surface area (Å²) in [5, 5.41) is 0. The Morgan fingerprint density at radius 1 is 1.53 bits per heavy atom. The smallest absolute Gasteiger partial charge is 0.181 e. The third-order valence-corrected chi connectivity index (χ3v) is 2.48. The lowest BCUT2D eigenvalue weighted by molar-refractivity contribution is 0.0966. The Bertz CT molecular complexity index is 457. The summed E-state index contributed by atoms with van der Waals surface area (Å²) < 4.78 is 5.07. The standard InChI is InChI=1S/C12H11NO2/c1-3-15-11-7-8(2)13-12-9(11)5-4-6-10(12)14/h1,7H,4-6H2,2H3. The number of ketones is 1. The molecule has 1 aromatic rings. The van der Waals surface area contributed by atoms with E-state index in [4.69, 9.17) is 11.2 Å². The molecule has 0 radical (unpaired) electrons. The number of aryl methyl sites for hydroxylation is 1. The number of ether oxygens (including phenoxy) is 1. The van der Waals surface area contributed by atoms with Crippen LogP contribution >= 0.6 is 0 Å². The minimum Gasteiger partial charge on any atom is -0.407 e. The second kappa shape index (κ2) is 3.74. The van der Waals surface area contributed by atoms with Crippen molar-refractivity contribution in [1.29, 1.82) is 0 Å². The van der Waals surface area contributed by atoms with Gasteiger partial charge in [0.2, 0.25) is 0 Å². The highest BCUT2D eigenvalue weighted by atomic mass is 16.5. The molecule has 0 fully saturated rings. The largest absolute Gasteiger partial charge is 0.407 e. The van der Waals surface area contributed by atoms with Crippen molar-refractivity contribution in [3.8, 4) is 18.3 Å². The van der Waals surface area contributed by atoms with E-state index in [0.717, 1.165) is 24.1 Å². The van der Waals surface area contributed by atoms with Crippen LogP contribution in [-0.2, 0) is 6.42 Å². The zero-order valence-electron chi connectivity index (χ0n) is 8.54. The van der Waals surface area contributed by atoms with Gasteiger partial charge < -0.3 is 4.74 Å². The number of nitrogens with zero attached hydrogens (tertiary/aromatic N) is 1. The zero-order chi connectivity index (χ0) is 10.8. The molecule has 0 unspecified atom stereocenters. The van der Waals surface area contributed by atoms with Crippen molar-refractivity contribution in [2.45, 2.75) is 26.2 Å². The van der Waals surface area contributed by atoms with E-state index in [-0.39, 0.29) is 5.78 Å². The first-order chi connectivity index (χ1) is 7.22. The van der Waals surface area contributed by atoms with Crippen LogP contribution in [0.3, 0.4) is 0 Å². The van der Waals surface area contributed by atoms with Gasteiger partial charge in [0, 0.05) is 23.7 Å². The second-order valence-electron chi connectivity index (χ2n) is 3.59. The number of hydrogen-bond acceptors (Lipinski definition) is 3. The van der Waals surface area contributed by atoms with E-state index in [1.54, 1.807) is 6.07 Å². The number of terminal acetylenes is 1. The van der Waals surface area contributed by atoms with Gasteiger partial charge in [0.15, 0.2) is 5.78 Å². The molecule has 0 bridgehead atoms. The monoisotopic (exact) mass is 201 g/mol. The van der Waals surface area contributed by atoms with E-state index in [0.29, 0.717) is 17.9 Å². The van der Waals surface area contributed by atoms with Crippen molar-refractivity contribution in [2.75, 3.05) is 0 Å². The van der Waals surface area contributed by atoms with Crippen molar-refractivity contribution in [3.05, 3.63) is 23.0 Å². The number of hydrogen-bond donors (Lipinski definition) is 0. The summed E-state index contributed by atoms with van der Waals surface area (Å²) in [5.41, 5.74) is 2.15. The Morgan fingerprint density at radius 2 is 2.33 bits per heavy atom. The van der Waals surface area contributed by atoms with Crippen molar-refractivity contribution >= 4 is 5.78 Å². The molecule has 0 spiro atoms. The molecule has 2 rings (SSSR count). The fourth-order valence-corrected chi connectivity index (χ4v) is 1.84. The van der Waals surface area contributed by atoms with Crippen LogP contribution in [-0.4, -0.2) is 10.8 Å². The summed E-state index contributed by atoms with van der Waals surface area (Å²) in [6, 6.07) is 1.78. The quantitative estimate of drug-likeness (QED) is 0.651. The van der Waals surface area contributed by atoms with Gasteiger partial charge in [-0.15, -0.1) is 0 Å². The number of carbonyl (C=O) groups is 1. The summed E-state index contributed by atoms with van der Waals surface area (Å²) in [5.74, 6) is 0.690. The lowest BCUT2D eigenvalue weighted by Gasteiger charge is -2.16. The van der Waals surface area contributed by atoms with Gasteiger partial charge in [0.1, 0.15) is 17.5 Å². The maximum atomic E-state index is 11.6. The van der Waals surface area contributed by atoms with Gasteiger partial charge in [-0.05, 0) is 19.8 Å². The second-order valence-corrected chi connectivity index (χ2v) is 3.59. The van der Waals surface area contributed by atoms with Gasteiger partial charge >= 0.3 is 0 Å². The topological polar surface area (TPSA) is 39.2 Å². The molecule has 0 aromatic carbocycles. The Labute approximate surface area is 88.5 Å². The average Bonchev–Trinajstić information content (AvgIpc) is 2.20. The normalized spacial score (nSPS) is 14.3. The van der Waals surface area contributed by atoms with Crippen molar-refractivity contribution in [1.82, 2.24) is 4.98 Å². The Balaban J connectivity index is 2.57. The molecule has 1 aromatic heterocycles. The van der Waals surface area contributed by atoms with E-state index in [1.807, 2.05) is 6.92 Å². The molecule has 1 heterocycles. The first-order valence-electron chi connectivity index (χ1n) is 4.88. The molecular formula is C12H11NO2. The Kier molecular flexibility index (Phi) is 2.42. The van der Waals surface area contributed by atoms with Gasteiger partial charge in [-0.25, -0.2) is 4.98 Å². The van der Waals surface area contributed by atoms with Crippen LogP contribution in [0.1, 0.15) is 34.6 Å². The van der Waals surface area contributed by atoms with Gasteiger partial charge in [0.25, 0.3) is 0 Å². The fraction of sp³-hybridized carbons (Fsp3) is 0.333. The molecule has 1 aliphatic carbocycles. The molecule has 0 saturated carbocycles. The molecule has 15 heavy (non-hydrogen) atoms. The van der Waals surface area contributed by atoms with Gasteiger partial charge in [-0.3, -0.25) is 4.79 Å². The number of Topliss-reactive ketones (excluding diaryl/α,β-unsaturated/α-hetero) is 1. The first-order valence-corrected chi connectivity index (χ1v) is 4.88. The summed E-state index contributed by atoms with van der Waals surface area (Å²) in [7, 11) is 0. The molecule has 0 saturated heterocycles. The molecule has 1 aliphatic rings. The van der Waals surface area contributed by atoms with Crippen LogP contribution in [0.15, 0.2) is 6.07 Å². The summed E-state index contributed by atoms with van der Waals surface area (Å²) in [4.78, 5) is 15.9. The van der Waals surface area contributed by atoms with E-state index in [1.165, 1.54) is 0 Å². The minimum atomic E-state index is 0.0850. The number of aromatic nitrogens is 1. The van der Waals surface area contributed by atoms with Gasteiger partial charge in [-0.1, -0.05) is 6.42 Å². The molecule has 76 valence electrons. The molecule has 0 amide bonds. The minimum absolute atomic E-state index is 0.0850. The maximum Gasteiger partial charge on any atom is 0.181 e. The number of rotatable bonds is 1. The zero-order valence-corrected chi connectivity index (χ0v) is 8.54. The van der Waals surface area contributed by atoms with Crippen LogP contribution < -0.4 is 4.74 Å².